The Morgan fingerprint density at radius 3 is 2.75 bits per heavy atom. The fraction of sp³-hybridized carbons (Fsp3) is 0.333. The second-order valence-electron chi connectivity index (χ2n) is 8.26. The quantitative estimate of drug-likeness (QED) is 0.603. The van der Waals surface area contributed by atoms with Crippen LogP contribution >= 0.6 is 11.6 Å². The first-order chi connectivity index (χ1) is 15.5. The van der Waals surface area contributed by atoms with Crippen molar-refractivity contribution >= 4 is 23.2 Å². The van der Waals surface area contributed by atoms with Crippen LogP contribution in [0.2, 0.25) is 5.15 Å². The van der Waals surface area contributed by atoms with Gasteiger partial charge in [-0.2, -0.15) is 5.10 Å². The molecule has 3 aromatic rings. The highest BCUT2D eigenvalue weighted by Gasteiger charge is 2.38. The molecule has 2 aliphatic rings. The zero-order valence-corrected chi connectivity index (χ0v) is 18.5. The lowest BCUT2D eigenvalue weighted by Gasteiger charge is -2.39. The van der Waals surface area contributed by atoms with Crippen molar-refractivity contribution in [2.75, 3.05) is 18.5 Å². The molecule has 1 aromatic heterocycles. The average Bonchev–Trinajstić information content (AvgIpc) is 3.40. The summed E-state index contributed by atoms with van der Waals surface area (Å²) in [5.74, 6) is -0.341. The molecule has 2 aromatic carbocycles. The molecule has 1 saturated heterocycles. The van der Waals surface area contributed by atoms with E-state index in [0.717, 1.165) is 42.0 Å². The molecule has 0 bridgehead atoms. The monoisotopic (exact) mass is 454 g/mol. The third-order valence-electron chi connectivity index (χ3n) is 6.07. The number of nitrogens with one attached hydrogen (secondary N) is 1. The molecule has 0 spiro atoms. The molecular weight excluding hydrogens is 431 g/mol. The summed E-state index contributed by atoms with van der Waals surface area (Å²) in [6, 6.07) is 13.8. The number of para-hydroxylation sites is 1. The minimum atomic E-state index is -0.462. The van der Waals surface area contributed by atoms with Crippen molar-refractivity contribution in [3.8, 4) is 0 Å². The molecule has 0 radical (unpaired) electrons. The smallest absolute Gasteiger partial charge is 0.257 e. The zero-order chi connectivity index (χ0) is 22.2. The Labute approximate surface area is 190 Å². The molecule has 1 fully saturated rings. The van der Waals surface area contributed by atoms with Gasteiger partial charge in [-0.05, 0) is 49.6 Å². The highest BCUT2D eigenvalue weighted by molar-refractivity contribution is 6.30. The maximum Gasteiger partial charge on any atom is 0.257 e. The largest absolute Gasteiger partial charge is 0.376 e. The summed E-state index contributed by atoms with van der Waals surface area (Å²) in [7, 11) is 0. The fourth-order valence-corrected chi connectivity index (χ4v) is 4.80. The number of ether oxygens (including phenoxy) is 1. The van der Waals surface area contributed by atoms with Crippen molar-refractivity contribution in [2.45, 2.75) is 38.6 Å². The number of nitrogens with zero attached hydrogens (tertiary/aromatic N) is 3. The van der Waals surface area contributed by atoms with Gasteiger partial charge in [-0.3, -0.25) is 4.79 Å². The molecule has 3 heterocycles. The van der Waals surface area contributed by atoms with Crippen molar-refractivity contribution in [3.05, 3.63) is 81.9 Å². The van der Waals surface area contributed by atoms with E-state index in [1.165, 1.54) is 12.1 Å². The standard InChI is InChI=1S/C24H24ClFN4O2/c1-15-21(22(25)30(28-15)13-16-8-10-17(26)11-9-16)23-27-20-7-3-2-6-19(20)24(31)29(23)14-18-5-4-12-32-18/h2-3,6-11,18,23,27H,4-5,12-14H2,1H3/t18-,23+/m1/s1. The Morgan fingerprint density at radius 1 is 1.22 bits per heavy atom. The number of anilines is 1. The Balaban J connectivity index is 1.51. The predicted molar refractivity (Wildman–Crippen MR) is 120 cm³/mol. The summed E-state index contributed by atoms with van der Waals surface area (Å²) < 4.78 is 20.8. The summed E-state index contributed by atoms with van der Waals surface area (Å²) in [6.45, 7) is 3.49. The second-order valence-corrected chi connectivity index (χ2v) is 8.62. The number of fused-ring (bicyclic) bond motifs is 1. The van der Waals surface area contributed by atoms with Crippen LogP contribution in [0.15, 0.2) is 48.5 Å². The van der Waals surface area contributed by atoms with E-state index in [0.29, 0.717) is 23.8 Å². The molecule has 0 unspecified atom stereocenters. The molecule has 6 nitrogen and oxygen atoms in total. The van der Waals surface area contributed by atoms with Gasteiger partial charge in [0, 0.05) is 18.8 Å². The molecule has 2 atom stereocenters. The van der Waals surface area contributed by atoms with E-state index in [-0.39, 0.29) is 17.8 Å². The van der Waals surface area contributed by atoms with Gasteiger partial charge < -0.3 is 15.0 Å². The lowest BCUT2D eigenvalue weighted by molar-refractivity contribution is 0.0426. The zero-order valence-electron chi connectivity index (χ0n) is 17.7. The number of benzene rings is 2. The third kappa shape index (κ3) is 3.87. The van der Waals surface area contributed by atoms with Crippen LogP contribution in [0, 0.1) is 12.7 Å². The van der Waals surface area contributed by atoms with Gasteiger partial charge in [0.2, 0.25) is 0 Å². The van der Waals surface area contributed by atoms with Crippen LogP contribution in [0.4, 0.5) is 10.1 Å². The number of aromatic nitrogens is 2. The van der Waals surface area contributed by atoms with Crippen molar-refractivity contribution in [1.29, 1.82) is 0 Å². The van der Waals surface area contributed by atoms with Crippen molar-refractivity contribution in [1.82, 2.24) is 14.7 Å². The maximum atomic E-state index is 13.5. The molecule has 0 saturated carbocycles. The van der Waals surface area contributed by atoms with Gasteiger partial charge in [0.1, 0.15) is 17.1 Å². The lowest BCUT2D eigenvalue weighted by Crippen LogP contribution is -2.46. The predicted octanol–water partition coefficient (Wildman–Crippen LogP) is 4.78. The topological polar surface area (TPSA) is 59.4 Å². The van der Waals surface area contributed by atoms with Crippen molar-refractivity contribution in [2.24, 2.45) is 0 Å². The normalized spacial score (nSPS) is 20.3. The van der Waals surface area contributed by atoms with Crippen molar-refractivity contribution < 1.29 is 13.9 Å². The lowest BCUT2D eigenvalue weighted by atomic mass is 10.0. The number of rotatable bonds is 5. The Kier molecular flexibility index (Phi) is 5.61. The van der Waals surface area contributed by atoms with Crippen LogP contribution in [0.3, 0.4) is 0 Å². The van der Waals surface area contributed by atoms with E-state index in [9.17, 15) is 9.18 Å². The van der Waals surface area contributed by atoms with Gasteiger partial charge in [0.15, 0.2) is 0 Å². The molecule has 1 amide bonds. The van der Waals surface area contributed by atoms with Gasteiger partial charge in [-0.15, -0.1) is 0 Å². The molecule has 2 aliphatic heterocycles. The van der Waals surface area contributed by atoms with E-state index in [2.05, 4.69) is 10.4 Å². The van der Waals surface area contributed by atoms with Crippen LogP contribution in [-0.4, -0.2) is 39.8 Å². The van der Waals surface area contributed by atoms with E-state index >= 15 is 0 Å². The van der Waals surface area contributed by atoms with Gasteiger partial charge in [-0.25, -0.2) is 9.07 Å². The SMILES string of the molecule is Cc1nn(Cc2ccc(F)cc2)c(Cl)c1[C@H]1Nc2ccccc2C(=O)N1C[C@H]1CCCO1. The highest BCUT2D eigenvalue weighted by atomic mass is 35.5. The minimum absolute atomic E-state index is 0.00172. The molecule has 1 N–H and O–H groups in total. The molecular formula is C24H24ClFN4O2. The van der Waals surface area contributed by atoms with Gasteiger partial charge >= 0.3 is 0 Å². The number of hydrogen-bond acceptors (Lipinski definition) is 4. The van der Waals surface area contributed by atoms with Crippen LogP contribution in [-0.2, 0) is 11.3 Å². The van der Waals surface area contributed by atoms with Crippen LogP contribution < -0.4 is 5.32 Å². The summed E-state index contributed by atoms with van der Waals surface area (Å²) in [5.41, 5.74) is 3.78. The molecule has 8 heteroatoms. The molecule has 166 valence electrons. The van der Waals surface area contributed by atoms with E-state index in [1.807, 2.05) is 31.2 Å². The van der Waals surface area contributed by atoms with E-state index < -0.39 is 6.17 Å². The fourth-order valence-electron chi connectivity index (χ4n) is 4.46. The molecule has 32 heavy (non-hydrogen) atoms. The average molecular weight is 455 g/mol. The van der Waals surface area contributed by atoms with Gasteiger partial charge in [0.05, 0.1) is 29.5 Å². The Hall–Kier alpha value is -2.90. The van der Waals surface area contributed by atoms with Gasteiger partial charge in [-0.1, -0.05) is 35.9 Å². The summed E-state index contributed by atoms with van der Waals surface area (Å²) in [6.07, 6.45) is 1.46. The van der Waals surface area contributed by atoms with Crippen LogP contribution in [0.1, 0.15) is 46.2 Å². The van der Waals surface area contributed by atoms with Crippen LogP contribution in [0.25, 0.3) is 0 Å². The minimum Gasteiger partial charge on any atom is -0.376 e. The number of hydrogen-bond donors (Lipinski definition) is 1. The van der Waals surface area contributed by atoms with E-state index in [4.69, 9.17) is 16.3 Å². The number of carbonyl (C=O) groups is 1. The first-order valence-corrected chi connectivity index (χ1v) is 11.1. The first kappa shape index (κ1) is 21.0. The molecule has 0 aliphatic carbocycles. The third-order valence-corrected chi connectivity index (χ3v) is 6.47. The number of aryl methyl sites for hydroxylation is 1. The summed E-state index contributed by atoms with van der Waals surface area (Å²) in [4.78, 5) is 15.3. The summed E-state index contributed by atoms with van der Waals surface area (Å²) >= 11 is 6.82. The maximum absolute atomic E-state index is 13.5. The van der Waals surface area contributed by atoms with E-state index in [1.54, 1.807) is 21.7 Å². The second kappa shape index (κ2) is 8.56. The number of carbonyl (C=O) groups excluding carboxylic acids is 1. The summed E-state index contributed by atoms with van der Waals surface area (Å²) in [5, 5.41) is 8.58. The molecule has 5 rings (SSSR count). The Bertz CT molecular complexity index is 1140. The number of amides is 1. The van der Waals surface area contributed by atoms with Crippen LogP contribution in [0.5, 0.6) is 0 Å². The van der Waals surface area contributed by atoms with Crippen molar-refractivity contribution in [3.63, 3.8) is 0 Å². The number of halogens is 2. The Morgan fingerprint density at radius 2 is 2.00 bits per heavy atom. The van der Waals surface area contributed by atoms with Gasteiger partial charge in [0.25, 0.3) is 5.91 Å². The first-order valence-electron chi connectivity index (χ1n) is 10.8. The highest BCUT2D eigenvalue weighted by Crippen LogP contribution is 2.38.